The van der Waals surface area contributed by atoms with Crippen LogP contribution >= 0.6 is 0 Å². The number of rotatable bonds is 8. The van der Waals surface area contributed by atoms with E-state index in [0.29, 0.717) is 5.92 Å². The first-order chi connectivity index (χ1) is 10.8. The molecule has 0 radical (unpaired) electrons. The van der Waals surface area contributed by atoms with Gasteiger partial charge < -0.3 is 10.1 Å². The molecule has 0 saturated carbocycles. The molecule has 1 aromatic rings. The van der Waals surface area contributed by atoms with E-state index in [1.165, 1.54) is 0 Å². The van der Waals surface area contributed by atoms with E-state index in [0.717, 1.165) is 12.0 Å². The highest BCUT2D eigenvalue weighted by molar-refractivity contribution is 5.87. The lowest BCUT2D eigenvalue weighted by atomic mass is 10.0. The number of nitrogens with one attached hydrogen (secondary N) is 1. The first kappa shape index (κ1) is 19.2. The highest BCUT2D eigenvalue weighted by Gasteiger charge is 2.25. The van der Waals surface area contributed by atoms with Crippen LogP contribution in [0.4, 0.5) is 0 Å². The zero-order valence-corrected chi connectivity index (χ0v) is 14.7. The van der Waals surface area contributed by atoms with Crippen LogP contribution in [0.25, 0.3) is 0 Å². The normalized spacial score (nSPS) is 13.7. The fourth-order valence-corrected chi connectivity index (χ4v) is 2.22. The maximum Gasteiger partial charge on any atom is 0.328 e. The molecule has 1 N–H and O–H groups in total. The molecule has 0 aliphatic heterocycles. The van der Waals surface area contributed by atoms with E-state index >= 15 is 0 Å². The van der Waals surface area contributed by atoms with E-state index in [9.17, 15) is 9.59 Å². The van der Waals surface area contributed by atoms with Gasteiger partial charge in [0.1, 0.15) is 12.6 Å². The van der Waals surface area contributed by atoms with Crippen LogP contribution in [0, 0.1) is 5.92 Å². The van der Waals surface area contributed by atoms with Gasteiger partial charge in [-0.05, 0) is 38.9 Å². The van der Waals surface area contributed by atoms with Crippen molar-refractivity contribution in [2.24, 2.45) is 5.92 Å². The van der Waals surface area contributed by atoms with Gasteiger partial charge in [0, 0.05) is 0 Å². The molecule has 0 saturated heterocycles. The molecule has 1 amide bonds. The van der Waals surface area contributed by atoms with Crippen LogP contribution in [0.2, 0.25) is 0 Å². The van der Waals surface area contributed by atoms with Crippen molar-refractivity contribution >= 4 is 11.9 Å². The Balaban J connectivity index is 2.51. The molecule has 23 heavy (non-hydrogen) atoms. The fourth-order valence-electron chi connectivity index (χ4n) is 2.22. The molecule has 128 valence electrons. The van der Waals surface area contributed by atoms with Gasteiger partial charge in [0.2, 0.25) is 5.91 Å². The summed E-state index contributed by atoms with van der Waals surface area (Å²) in [5.74, 6) is -0.175. The number of nitrogens with zero attached hydrogens (tertiary/aromatic N) is 1. The molecule has 5 heteroatoms. The molecule has 1 rings (SSSR count). The number of esters is 1. The molecule has 0 aliphatic carbocycles. The highest BCUT2D eigenvalue weighted by Crippen LogP contribution is 2.10. The maximum absolute atomic E-state index is 12.3. The van der Waals surface area contributed by atoms with Crippen molar-refractivity contribution in [3.05, 3.63) is 35.9 Å². The zero-order chi connectivity index (χ0) is 17.4. The first-order valence-corrected chi connectivity index (χ1v) is 7.98. The zero-order valence-electron chi connectivity index (χ0n) is 14.7. The summed E-state index contributed by atoms with van der Waals surface area (Å²) in [4.78, 5) is 26.2. The van der Waals surface area contributed by atoms with Gasteiger partial charge >= 0.3 is 5.97 Å². The van der Waals surface area contributed by atoms with Gasteiger partial charge in [-0.3, -0.25) is 9.69 Å². The molecule has 0 fully saturated rings. The van der Waals surface area contributed by atoms with Gasteiger partial charge in [-0.25, -0.2) is 4.79 Å². The van der Waals surface area contributed by atoms with Crippen molar-refractivity contribution in [1.29, 1.82) is 0 Å². The predicted molar refractivity (Wildman–Crippen MR) is 90.8 cm³/mol. The molecule has 0 spiro atoms. The standard InChI is InChI=1S/C18H28N2O3/c1-13(2)11-16(20(4)5)17(21)19-14(3)18(22)23-12-15-9-7-6-8-10-15/h6-10,13-14,16H,11-12H2,1-5H3,(H,19,21). The lowest BCUT2D eigenvalue weighted by Gasteiger charge is -2.26. The van der Waals surface area contributed by atoms with Crippen LogP contribution in [0.1, 0.15) is 32.8 Å². The van der Waals surface area contributed by atoms with E-state index < -0.39 is 12.0 Å². The van der Waals surface area contributed by atoms with Crippen molar-refractivity contribution in [2.75, 3.05) is 14.1 Å². The average molecular weight is 320 g/mol. The Hall–Kier alpha value is -1.88. The van der Waals surface area contributed by atoms with E-state index in [1.54, 1.807) is 6.92 Å². The summed E-state index contributed by atoms with van der Waals surface area (Å²) in [7, 11) is 3.73. The summed E-state index contributed by atoms with van der Waals surface area (Å²) >= 11 is 0. The van der Waals surface area contributed by atoms with Crippen LogP contribution in [0.15, 0.2) is 30.3 Å². The van der Waals surface area contributed by atoms with Crippen molar-refractivity contribution in [2.45, 2.75) is 45.9 Å². The minimum absolute atomic E-state index is 0.145. The molecular formula is C18H28N2O3. The van der Waals surface area contributed by atoms with E-state index in [4.69, 9.17) is 4.74 Å². The number of hydrogen-bond donors (Lipinski definition) is 1. The number of likely N-dealkylation sites (N-methyl/N-ethyl adjacent to an activating group) is 1. The van der Waals surface area contributed by atoms with Crippen molar-refractivity contribution in [3.63, 3.8) is 0 Å². The lowest BCUT2D eigenvalue weighted by Crippen LogP contribution is -2.49. The predicted octanol–water partition coefficient (Wildman–Crippen LogP) is 2.21. The Morgan fingerprint density at radius 1 is 1.13 bits per heavy atom. The molecule has 5 nitrogen and oxygen atoms in total. The van der Waals surface area contributed by atoms with Gasteiger partial charge in [-0.1, -0.05) is 44.2 Å². The largest absolute Gasteiger partial charge is 0.459 e. The quantitative estimate of drug-likeness (QED) is 0.746. The van der Waals surface area contributed by atoms with Gasteiger partial charge in [-0.2, -0.15) is 0 Å². The Bertz CT molecular complexity index is 500. The summed E-state index contributed by atoms with van der Waals surface area (Å²) in [6.45, 7) is 6.00. The Morgan fingerprint density at radius 3 is 2.26 bits per heavy atom. The second-order valence-electron chi connectivity index (χ2n) is 6.43. The number of hydrogen-bond acceptors (Lipinski definition) is 4. The van der Waals surface area contributed by atoms with Crippen LogP contribution in [-0.2, 0) is 20.9 Å². The van der Waals surface area contributed by atoms with E-state index in [2.05, 4.69) is 19.2 Å². The molecular weight excluding hydrogens is 292 g/mol. The minimum atomic E-state index is -0.666. The number of ether oxygens (including phenoxy) is 1. The second-order valence-corrected chi connectivity index (χ2v) is 6.43. The first-order valence-electron chi connectivity index (χ1n) is 7.98. The molecule has 0 aromatic heterocycles. The number of carbonyl (C=O) groups is 2. The average Bonchev–Trinajstić information content (AvgIpc) is 2.50. The number of benzene rings is 1. The van der Waals surface area contributed by atoms with Crippen LogP contribution in [0.3, 0.4) is 0 Å². The molecule has 0 aliphatic rings. The maximum atomic E-state index is 12.3. The van der Waals surface area contributed by atoms with E-state index in [-0.39, 0.29) is 18.6 Å². The van der Waals surface area contributed by atoms with E-state index in [1.807, 2.05) is 49.3 Å². The van der Waals surface area contributed by atoms with Gasteiger partial charge in [-0.15, -0.1) is 0 Å². The molecule has 2 unspecified atom stereocenters. The third-order valence-electron chi connectivity index (χ3n) is 3.56. The molecule has 0 bridgehead atoms. The second kappa shape index (κ2) is 9.30. The summed E-state index contributed by atoms with van der Waals surface area (Å²) in [6, 6.07) is 8.55. The third kappa shape index (κ3) is 6.82. The van der Waals surface area contributed by atoms with Crippen LogP contribution in [-0.4, -0.2) is 43.0 Å². The molecule has 1 aromatic carbocycles. The van der Waals surface area contributed by atoms with Crippen molar-refractivity contribution in [1.82, 2.24) is 10.2 Å². The summed E-state index contributed by atoms with van der Waals surface area (Å²) < 4.78 is 5.24. The molecule has 0 heterocycles. The Kier molecular flexibility index (Phi) is 7.75. The summed E-state index contributed by atoms with van der Waals surface area (Å²) in [5, 5.41) is 2.75. The van der Waals surface area contributed by atoms with Crippen LogP contribution in [0.5, 0.6) is 0 Å². The van der Waals surface area contributed by atoms with Gasteiger partial charge in [0.15, 0.2) is 0 Å². The Labute approximate surface area is 139 Å². The van der Waals surface area contributed by atoms with Gasteiger partial charge in [0.05, 0.1) is 6.04 Å². The van der Waals surface area contributed by atoms with Gasteiger partial charge in [0.25, 0.3) is 0 Å². The highest BCUT2D eigenvalue weighted by atomic mass is 16.5. The van der Waals surface area contributed by atoms with Crippen molar-refractivity contribution in [3.8, 4) is 0 Å². The monoisotopic (exact) mass is 320 g/mol. The topological polar surface area (TPSA) is 58.6 Å². The number of carbonyl (C=O) groups excluding carboxylic acids is 2. The minimum Gasteiger partial charge on any atom is -0.459 e. The Morgan fingerprint density at radius 2 is 1.74 bits per heavy atom. The fraction of sp³-hybridized carbons (Fsp3) is 0.556. The third-order valence-corrected chi connectivity index (χ3v) is 3.56. The SMILES string of the molecule is CC(C)CC(C(=O)NC(C)C(=O)OCc1ccccc1)N(C)C. The lowest BCUT2D eigenvalue weighted by molar-refractivity contribution is -0.149. The van der Waals surface area contributed by atoms with Crippen LogP contribution < -0.4 is 5.32 Å². The number of amides is 1. The summed E-state index contributed by atoms with van der Waals surface area (Å²) in [6.07, 6.45) is 0.741. The van der Waals surface area contributed by atoms with Crippen molar-refractivity contribution < 1.29 is 14.3 Å². The molecule has 2 atom stereocenters. The smallest absolute Gasteiger partial charge is 0.328 e. The summed E-state index contributed by atoms with van der Waals surface area (Å²) in [5.41, 5.74) is 0.922.